The van der Waals surface area contributed by atoms with E-state index in [0.29, 0.717) is 6.04 Å². The van der Waals surface area contributed by atoms with Crippen molar-refractivity contribution in [2.45, 2.75) is 39.2 Å². The van der Waals surface area contributed by atoms with Crippen LogP contribution in [0.25, 0.3) is 0 Å². The maximum absolute atomic E-state index is 4.44. The van der Waals surface area contributed by atoms with E-state index >= 15 is 0 Å². The Morgan fingerprint density at radius 2 is 2.38 bits per heavy atom. The van der Waals surface area contributed by atoms with Crippen LogP contribution in [-0.4, -0.2) is 18.1 Å². The van der Waals surface area contributed by atoms with Crippen molar-refractivity contribution >= 4 is 11.3 Å². The monoisotopic (exact) mass is 198 g/mol. The van der Waals surface area contributed by atoms with Crippen LogP contribution in [0.4, 0.5) is 0 Å². The van der Waals surface area contributed by atoms with Gasteiger partial charge in [-0.25, -0.2) is 4.98 Å². The Balaban J connectivity index is 2.33. The second-order valence-electron chi connectivity index (χ2n) is 3.29. The molecule has 0 saturated carbocycles. The van der Waals surface area contributed by atoms with E-state index in [2.05, 4.69) is 29.5 Å². The van der Waals surface area contributed by atoms with Crippen LogP contribution in [0.2, 0.25) is 0 Å². The van der Waals surface area contributed by atoms with Gasteiger partial charge in [-0.05, 0) is 33.2 Å². The van der Waals surface area contributed by atoms with Gasteiger partial charge < -0.3 is 5.32 Å². The lowest BCUT2D eigenvalue weighted by Crippen LogP contribution is -2.24. The summed E-state index contributed by atoms with van der Waals surface area (Å²) in [4.78, 5) is 4.44. The van der Waals surface area contributed by atoms with Crippen LogP contribution < -0.4 is 5.32 Å². The summed E-state index contributed by atoms with van der Waals surface area (Å²) < 4.78 is 0. The highest BCUT2D eigenvalue weighted by Crippen LogP contribution is 2.11. The number of hydrogen-bond acceptors (Lipinski definition) is 3. The van der Waals surface area contributed by atoms with Gasteiger partial charge in [-0.3, -0.25) is 0 Å². The molecule has 1 heterocycles. The van der Waals surface area contributed by atoms with Gasteiger partial charge in [0.25, 0.3) is 0 Å². The first kappa shape index (κ1) is 10.7. The molecular weight excluding hydrogens is 180 g/mol. The molecule has 0 aromatic carbocycles. The summed E-state index contributed by atoms with van der Waals surface area (Å²) in [6.07, 6.45) is 3.49. The number of aromatic nitrogens is 1. The Morgan fingerprint density at radius 1 is 1.62 bits per heavy atom. The molecule has 0 aliphatic carbocycles. The Morgan fingerprint density at radius 3 is 2.85 bits per heavy atom. The molecule has 1 aromatic heterocycles. The molecule has 0 fully saturated rings. The molecule has 0 aliphatic heterocycles. The van der Waals surface area contributed by atoms with Gasteiger partial charge in [-0.15, -0.1) is 11.3 Å². The maximum atomic E-state index is 4.44. The van der Waals surface area contributed by atoms with Crippen molar-refractivity contribution in [3.8, 4) is 0 Å². The van der Waals surface area contributed by atoms with Gasteiger partial charge in [0.1, 0.15) is 0 Å². The van der Waals surface area contributed by atoms with E-state index in [1.807, 2.05) is 7.05 Å². The fraction of sp³-hybridized carbons (Fsp3) is 0.700. The minimum absolute atomic E-state index is 0.641. The minimum Gasteiger partial charge on any atom is -0.317 e. The molecule has 0 amide bonds. The van der Waals surface area contributed by atoms with Crippen LogP contribution in [0.5, 0.6) is 0 Å². The molecule has 0 aliphatic rings. The van der Waals surface area contributed by atoms with E-state index in [1.54, 1.807) is 11.3 Å². The number of thiazole rings is 1. The van der Waals surface area contributed by atoms with Crippen LogP contribution in [-0.2, 0) is 6.42 Å². The predicted molar refractivity (Wildman–Crippen MR) is 58.3 cm³/mol. The van der Waals surface area contributed by atoms with E-state index in [0.717, 1.165) is 6.42 Å². The third-order valence-corrected chi connectivity index (χ3v) is 3.14. The van der Waals surface area contributed by atoms with Gasteiger partial charge in [-0.2, -0.15) is 0 Å². The van der Waals surface area contributed by atoms with E-state index in [1.165, 1.54) is 23.5 Å². The predicted octanol–water partition coefficient (Wildman–Crippen LogP) is 2.38. The average Bonchev–Trinajstić information content (AvgIpc) is 2.53. The van der Waals surface area contributed by atoms with Gasteiger partial charge >= 0.3 is 0 Å². The Hall–Kier alpha value is -0.410. The standard InChI is InChI=1S/C10H18N2S/c1-4-9(11-3)5-6-10-7-13-8(2)12-10/h7,9,11H,4-6H2,1-3H3. The summed E-state index contributed by atoms with van der Waals surface area (Å²) in [6.45, 7) is 4.27. The zero-order valence-corrected chi connectivity index (χ0v) is 9.45. The molecule has 1 atom stereocenters. The van der Waals surface area contributed by atoms with E-state index in [9.17, 15) is 0 Å². The van der Waals surface area contributed by atoms with Crippen LogP contribution in [0.15, 0.2) is 5.38 Å². The first-order valence-corrected chi connectivity index (χ1v) is 5.72. The van der Waals surface area contributed by atoms with Gasteiger partial charge in [0, 0.05) is 11.4 Å². The van der Waals surface area contributed by atoms with Crippen molar-refractivity contribution in [3.63, 3.8) is 0 Å². The zero-order valence-electron chi connectivity index (χ0n) is 8.63. The third-order valence-electron chi connectivity index (χ3n) is 2.32. The molecule has 3 heteroatoms. The Bertz CT molecular complexity index is 241. The largest absolute Gasteiger partial charge is 0.317 e. The van der Waals surface area contributed by atoms with Crippen molar-refractivity contribution in [3.05, 3.63) is 16.1 Å². The van der Waals surface area contributed by atoms with Crippen molar-refractivity contribution in [1.82, 2.24) is 10.3 Å². The van der Waals surface area contributed by atoms with E-state index in [4.69, 9.17) is 0 Å². The molecule has 1 N–H and O–H groups in total. The fourth-order valence-corrected chi connectivity index (χ4v) is 2.04. The number of rotatable bonds is 5. The molecule has 1 aromatic rings. The summed E-state index contributed by atoms with van der Waals surface area (Å²) in [7, 11) is 2.03. The normalized spacial score (nSPS) is 13.2. The maximum Gasteiger partial charge on any atom is 0.0897 e. The van der Waals surface area contributed by atoms with E-state index in [-0.39, 0.29) is 0 Å². The lowest BCUT2D eigenvalue weighted by atomic mass is 10.1. The van der Waals surface area contributed by atoms with E-state index < -0.39 is 0 Å². The highest BCUT2D eigenvalue weighted by Gasteiger charge is 2.04. The lowest BCUT2D eigenvalue weighted by molar-refractivity contribution is 0.506. The van der Waals surface area contributed by atoms with Crippen LogP contribution >= 0.6 is 11.3 Å². The zero-order chi connectivity index (χ0) is 9.68. The minimum atomic E-state index is 0.641. The number of aryl methyl sites for hydroxylation is 2. The van der Waals surface area contributed by atoms with Crippen molar-refractivity contribution in [1.29, 1.82) is 0 Å². The molecule has 13 heavy (non-hydrogen) atoms. The molecule has 2 nitrogen and oxygen atoms in total. The molecule has 0 bridgehead atoms. The highest BCUT2D eigenvalue weighted by molar-refractivity contribution is 7.09. The molecule has 1 rings (SSSR count). The van der Waals surface area contributed by atoms with Crippen molar-refractivity contribution in [2.75, 3.05) is 7.05 Å². The van der Waals surface area contributed by atoms with Gasteiger partial charge in [0.15, 0.2) is 0 Å². The SMILES string of the molecule is CCC(CCc1csc(C)n1)NC. The number of hydrogen-bond donors (Lipinski definition) is 1. The fourth-order valence-electron chi connectivity index (χ4n) is 1.40. The quantitative estimate of drug-likeness (QED) is 0.785. The molecule has 0 spiro atoms. The van der Waals surface area contributed by atoms with Crippen LogP contribution in [0, 0.1) is 6.92 Å². The van der Waals surface area contributed by atoms with Gasteiger partial charge in [0.2, 0.25) is 0 Å². The number of nitrogens with zero attached hydrogens (tertiary/aromatic N) is 1. The Kier molecular flexibility index (Phi) is 4.39. The lowest BCUT2D eigenvalue weighted by Gasteiger charge is -2.11. The van der Waals surface area contributed by atoms with Gasteiger partial charge in [-0.1, -0.05) is 6.92 Å². The first-order chi connectivity index (χ1) is 6.26. The van der Waals surface area contributed by atoms with Gasteiger partial charge in [0.05, 0.1) is 10.7 Å². The molecule has 0 radical (unpaired) electrons. The second kappa shape index (κ2) is 5.35. The van der Waals surface area contributed by atoms with Crippen molar-refractivity contribution in [2.24, 2.45) is 0 Å². The third kappa shape index (κ3) is 3.44. The molecule has 0 saturated heterocycles. The average molecular weight is 198 g/mol. The molecule has 74 valence electrons. The summed E-state index contributed by atoms with van der Waals surface area (Å²) in [6, 6.07) is 0.641. The van der Waals surface area contributed by atoms with Crippen LogP contribution in [0.3, 0.4) is 0 Å². The van der Waals surface area contributed by atoms with Crippen LogP contribution in [0.1, 0.15) is 30.5 Å². The summed E-state index contributed by atoms with van der Waals surface area (Å²) in [5.74, 6) is 0. The first-order valence-electron chi connectivity index (χ1n) is 4.84. The molecular formula is C10H18N2S. The van der Waals surface area contributed by atoms with Crippen molar-refractivity contribution < 1.29 is 0 Å². The summed E-state index contributed by atoms with van der Waals surface area (Å²) >= 11 is 1.74. The second-order valence-corrected chi connectivity index (χ2v) is 4.35. The smallest absolute Gasteiger partial charge is 0.0897 e. The topological polar surface area (TPSA) is 24.9 Å². The summed E-state index contributed by atoms with van der Waals surface area (Å²) in [5, 5.41) is 6.64. The Labute approximate surface area is 84.4 Å². The molecule has 1 unspecified atom stereocenters. The highest BCUT2D eigenvalue weighted by atomic mass is 32.1. The summed E-state index contributed by atoms with van der Waals surface area (Å²) in [5.41, 5.74) is 1.25. The number of nitrogens with one attached hydrogen (secondary N) is 1.